The van der Waals surface area contributed by atoms with Gasteiger partial charge in [-0.3, -0.25) is 9.59 Å². The zero-order valence-corrected chi connectivity index (χ0v) is 13.3. The average Bonchev–Trinajstić information content (AvgIpc) is 2.46. The van der Waals surface area contributed by atoms with Crippen molar-refractivity contribution in [3.8, 4) is 5.75 Å². The summed E-state index contributed by atoms with van der Waals surface area (Å²) in [6, 6.07) is 5.73. The number of hydrogen-bond acceptors (Lipinski definition) is 3. The quantitative estimate of drug-likeness (QED) is 0.892. The lowest BCUT2D eigenvalue weighted by Gasteiger charge is -2.31. The third-order valence-corrected chi connectivity index (χ3v) is 4.68. The topological polar surface area (TPSA) is 55.4 Å². The van der Waals surface area contributed by atoms with E-state index in [4.69, 9.17) is 4.74 Å². The molecule has 0 radical (unpaired) electrons. The molecule has 0 spiro atoms. The SMILES string of the molecule is COc1ccc(C2CC(=O)NC3=C2C(=O)CCC3)cc1Br. The van der Waals surface area contributed by atoms with E-state index in [1.165, 1.54) is 0 Å². The third-order valence-electron chi connectivity index (χ3n) is 4.06. The van der Waals surface area contributed by atoms with Crippen LogP contribution in [0.2, 0.25) is 0 Å². The summed E-state index contributed by atoms with van der Waals surface area (Å²) in [7, 11) is 1.61. The Morgan fingerprint density at radius 3 is 2.81 bits per heavy atom. The van der Waals surface area contributed by atoms with Crippen LogP contribution >= 0.6 is 15.9 Å². The van der Waals surface area contributed by atoms with E-state index in [9.17, 15) is 9.59 Å². The molecule has 2 aliphatic rings. The van der Waals surface area contributed by atoms with Crippen LogP contribution in [0.4, 0.5) is 0 Å². The van der Waals surface area contributed by atoms with Crippen molar-refractivity contribution in [1.82, 2.24) is 5.32 Å². The molecule has 1 amide bonds. The first kappa shape index (κ1) is 14.3. The second-order valence-corrected chi connectivity index (χ2v) is 6.22. The molecule has 1 N–H and O–H groups in total. The lowest BCUT2D eigenvalue weighted by Crippen LogP contribution is -2.36. The van der Waals surface area contributed by atoms with Gasteiger partial charge in [0.25, 0.3) is 0 Å². The first-order valence-electron chi connectivity index (χ1n) is 6.99. The summed E-state index contributed by atoms with van der Waals surface area (Å²) in [6.07, 6.45) is 2.49. The largest absolute Gasteiger partial charge is 0.496 e. The van der Waals surface area contributed by atoms with Crippen LogP contribution in [0.15, 0.2) is 33.9 Å². The number of allylic oxidation sites excluding steroid dienone is 2. The standard InChI is InChI=1S/C16H16BrNO3/c1-21-14-6-5-9(7-11(14)17)10-8-15(20)18-12-3-2-4-13(19)16(10)12/h5-7,10H,2-4,8H2,1H3,(H,18,20). The van der Waals surface area contributed by atoms with E-state index in [0.29, 0.717) is 12.8 Å². The number of hydrogen-bond donors (Lipinski definition) is 1. The van der Waals surface area contributed by atoms with Crippen molar-refractivity contribution < 1.29 is 14.3 Å². The van der Waals surface area contributed by atoms with E-state index in [1.54, 1.807) is 7.11 Å². The maximum absolute atomic E-state index is 12.3. The number of nitrogens with one attached hydrogen (secondary N) is 1. The monoisotopic (exact) mass is 349 g/mol. The summed E-state index contributed by atoms with van der Waals surface area (Å²) in [5, 5.41) is 2.87. The van der Waals surface area contributed by atoms with Crippen molar-refractivity contribution in [2.45, 2.75) is 31.6 Å². The molecule has 1 atom stereocenters. The Hall–Kier alpha value is -1.62. The van der Waals surface area contributed by atoms with Gasteiger partial charge < -0.3 is 10.1 Å². The van der Waals surface area contributed by atoms with Crippen LogP contribution in [-0.4, -0.2) is 18.8 Å². The minimum atomic E-state index is -0.149. The predicted octanol–water partition coefficient (Wildman–Crippen LogP) is 3.07. The summed E-state index contributed by atoms with van der Waals surface area (Å²) in [6.45, 7) is 0. The number of amides is 1. The summed E-state index contributed by atoms with van der Waals surface area (Å²) in [5.41, 5.74) is 2.58. The Bertz CT molecular complexity index is 651. The van der Waals surface area contributed by atoms with E-state index < -0.39 is 0 Å². The number of Topliss-reactive ketones (excluding diaryl/α,β-unsaturated/α-hetero) is 1. The highest BCUT2D eigenvalue weighted by atomic mass is 79.9. The lowest BCUT2D eigenvalue weighted by molar-refractivity contribution is -0.122. The number of carbonyl (C=O) groups is 2. The van der Waals surface area contributed by atoms with Gasteiger partial charge in [-0.1, -0.05) is 6.07 Å². The molecule has 1 aromatic carbocycles. The fourth-order valence-electron chi connectivity index (χ4n) is 3.09. The Kier molecular flexibility index (Phi) is 3.85. The number of carbonyl (C=O) groups excluding carboxylic acids is 2. The Morgan fingerprint density at radius 2 is 2.10 bits per heavy atom. The fourth-order valence-corrected chi connectivity index (χ4v) is 3.65. The predicted molar refractivity (Wildman–Crippen MR) is 82.1 cm³/mol. The molecule has 5 heteroatoms. The molecule has 1 aromatic rings. The van der Waals surface area contributed by atoms with Crippen LogP contribution in [0.5, 0.6) is 5.75 Å². The second kappa shape index (κ2) is 5.64. The van der Waals surface area contributed by atoms with Gasteiger partial charge in [0.1, 0.15) is 5.75 Å². The van der Waals surface area contributed by atoms with Crippen LogP contribution in [0.25, 0.3) is 0 Å². The average molecular weight is 350 g/mol. The maximum atomic E-state index is 12.3. The molecular formula is C16H16BrNO3. The smallest absolute Gasteiger partial charge is 0.225 e. The van der Waals surface area contributed by atoms with Gasteiger partial charge in [0, 0.05) is 30.0 Å². The van der Waals surface area contributed by atoms with Gasteiger partial charge in [-0.05, 0) is 46.5 Å². The first-order chi connectivity index (χ1) is 10.1. The number of halogens is 1. The molecule has 110 valence electrons. The van der Waals surface area contributed by atoms with Crippen molar-refractivity contribution >= 4 is 27.6 Å². The zero-order valence-electron chi connectivity index (χ0n) is 11.7. The molecule has 0 fully saturated rings. The van der Waals surface area contributed by atoms with Crippen LogP contribution < -0.4 is 10.1 Å². The number of benzene rings is 1. The molecule has 0 saturated carbocycles. The Labute approximate surface area is 131 Å². The summed E-state index contributed by atoms with van der Waals surface area (Å²) in [4.78, 5) is 24.2. The van der Waals surface area contributed by atoms with Gasteiger partial charge >= 0.3 is 0 Å². The molecule has 1 heterocycles. The molecule has 21 heavy (non-hydrogen) atoms. The molecule has 1 aliphatic carbocycles. The van der Waals surface area contributed by atoms with Gasteiger partial charge in [-0.15, -0.1) is 0 Å². The van der Waals surface area contributed by atoms with Crippen molar-refractivity contribution in [2.75, 3.05) is 7.11 Å². The number of ketones is 1. The highest BCUT2D eigenvalue weighted by molar-refractivity contribution is 9.10. The summed E-state index contributed by atoms with van der Waals surface area (Å²) < 4.78 is 6.06. The molecule has 0 bridgehead atoms. The molecule has 4 nitrogen and oxygen atoms in total. The Morgan fingerprint density at radius 1 is 1.29 bits per heavy atom. The molecule has 1 unspecified atom stereocenters. The van der Waals surface area contributed by atoms with Gasteiger partial charge in [0.2, 0.25) is 5.91 Å². The van der Waals surface area contributed by atoms with Gasteiger partial charge in [-0.2, -0.15) is 0 Å². The van der Waals surface area contributed by atoms with Crippen LogP contribution in [0.1, 0.15) is 37.2 Å². The first-order valence-corrected chi connectivity index (χ1v) is 7.79. The lowest BCUT2D eigenvalue weighted by atomic mass is 9.78. The van der Waals surface area contributed by atoms with E-state index >= 15 is 0 Å². The van der Waals surface area contributed by atoms with Crippen molar-refractivity contribution in [3.05, 3.63) is 39.5 Å². The normalized spacial score (nSPS) is 21.9. The number of rotatable bonds is 2. The van der Waals surface area contributed by atoms with Crippen molar-refractivity contribution in [1.29, 1.82) is 0 Å². The third kappa shape index (κ3) is 2.62. The van der Waals surface area contributed by atoms with E-state index in [-0.39, 0.29) is 17.6 Å². The van der Waals surface area contributed by atoms with Crippen LogP contribution in [0.3, 0.4) is 0 Å². The number of methoxy groups -OCH3 is 1. The Balaban J connectivity index is 2.05. The minimum absolute atomic E-state index is 0.0135. The second-order valence-electron chi connectivity index (χ2n) is 5.37. The highest BCUT2D eigenvalue weighted by Gasteiger charge is 2.34. The van der Waals surface area contributed by atoms with E-state index in [1.807, 2.05) is 18.2 Å². The highest BCUT2D eigenvalue weighted by Crippen LogP contribution is 2.39. The van der Waals surface area contributed by atoms with Gasteiger partial charge in [-0.25, -0.2) is 0 Å². The van der Waals surface area contributed by atoms with Crippen molar-refractivity contribution in [3.63, 3.8) is 0 Å². The summed E-state index contributed by atoms with van der Waals surface area (Å²) >= 11 is 3.47. The maximum Gasteiger partial charge on any atom is 0.225 e. The molecule has 3 rings (SSSR count). The number of ether oxygens (including phenoxy) is 1. The molecule has 0 saturated heterocycles. The van der Waals surface area contributed by atoms with Crippen LogP contribution in [-0.2, 0) is 9.59 Å². The van der Waals surface area contributed by atoms with Crippen molar-refractivity contribution in [2.24, 2.45) is 0 Å². The summed E-state index contributed by atoms with van der Waals surface area (Å²) in [5.74, 6) is 0.737. The minimum Gasteiger partial charge on any atom is -0.496 e. The van der Waals surface area contributed by atoms with E-state index in [2.05, 4.69) is 21.2 Å². The molecule has 0 aromatic heterocycles. The van der Waals surface area contributed by atoms with Crippen LogP contribution in [0, 0.1) is 0 Å². The molecule has 1 aliphatic heterocycles. The van der Waals surface area contributed by atoms with Gasteiger partial charge in [0.05, 0.1) is 11.6 Å². The van der Waals surface area contributed by atoms with E-state index in [0.717, 1.165) is 39.9 Å². The van der Waals surface area contributed by atoms with Gasteiger partial charge in [0.15, 0.2) is 5.78 Å². The molecular weight excluding hydrogens is 334 g/mol. The zero-order chi connectivity index (χ0) is 15.0. The fraction of sp³-hybridized carbons (Fsp3) is 0.375.